The van der Waals surface area contributed by atoms with E-state index in [1.165, 1.54) is 17.1 Å². The van der Waals surface area contributed by atoms with Gasteiger partial charge in [-0.05, 0) is 25.8 Å². The van der Waals surface area contributed by atoms with Gasteiger partial charge in [-0.2, -0.15) is 0 Å². The van der Waals surface area contributed by atoms with Gasteiger partial charge < -0.3 is 20.0 Å². The highest BCUT2D eigenvalue weighted by molar-refractivity contribution is 6.12. The minimum atomic E-state index is -0.231. The van der Waals surface area contributed by atoms with Crippen molar-refractivity contribution < 1.29 is 24.3 Å². The van der Waals surface area contributed by atoms with Gasteiger partial charge in [0.25, 0.3) is 11.8 Å². The van der Waals surface area contributed by atoms with E-state index in [9.17, 15) is 19.2 Å². The van der Waals surface area contributed by atoms with E-state index < -0.39 is 0 Å². The molecular formula is C17H30N2O5. The average molecular weight is 342 g/mol. The lowest BCUT2D eigenvalue weighted by atomic mass is 10.1. The van der Waals surface area contributed by atoms with Gasteiger partial charge in [-0.3, -0.25) is 14.5 Å². The molecule has 0 aromatic rings. The number of hydrogen-bond acceptors (Lipinski definition) is 6. The number of unbranched alkanes of at least 4 members (excludes halogenated alkanes) is 3. The van der Waals surface area contributed by atoms with Crippen molar-refractivity contribution in [2.24, 2.45) is 5.92 Å². The SMILES string of the molecule is CNC(C=O)C(C)C.CO.O=CCCCCCN1C(=O)C=CC1=O. The van der Waals surface area contributed by atoms with Crippen LogP contribution in [-0.2, 0) is 19.2 Å². The number of carbonyl (C=O) groups is 4. The zero-order valence-electron chi connectivity index (χ0n) is 15.0. The lowest BCUT2D eigenvalue weighted by Crippen LogP contribution is -2.31. The molecule has 0 saturated carbocycles. The maximum atomic E-state index is 11.1. The molecule has 0 fully saturated rings. The van der Waals surface area contributed by atoms with Crippen molar-refractivity contribution in [1.82, 2.24) is 10.2 Å². The fourth-order valence-corrected chi connectivity index (χ4v) is 1.88. The molecule has 7 heteroatoms. The lowest BCUT2D eigenvalue weighted by molar-refractivity contribution is -0.136. The second kappa shape index (κ2) is 16.0. The molecule has 1 rings (SSSR count). The van der Waals surface area contributed by atoms with Crippen LogP contribution in [-0.4, -0.2) is 61.1 Å². The number of amides is 2. The van der Waals surface area contributed by atoms with Crippen LogP contribution in [0.2, 0.25) is 0 Å². The van der Waals surface area contributed by atoms with Crippen LogP contribution >= 0.6 is 0 Å². The second-order valence-electron chi connectivity index (χ2n) is 5.37. The van der Waals surface area contributed by atoms with Crippen molar-refractivity contribution in [3.05, 3.63) is 12.2 Å². The van der Waals surface area contributed by atoms with Gasteiger partial charge in [0.1, 0.15) is 12.6 Å². The number of hydrogen-bond donors (Lipinski definition) is 2. The molecule has 1 heterocycles. The number of rotatable bonds is 9. The molecule has 138 valence electrons. The molecule has 2 amide bonds. The maximum Gasteiger partial charge on any atom is 0.253 e. The van der Waals surface area contributed by atoms with Crippen LogP contribution in [0, 0.1) is 5.92 Å². The summed E-state index contributed by atoms with van der Waals surface area (Å²) < 4.78 is 0. The van der Waals surface area contributed by atoms with E-state index in [0.717, 1.165) is 38.9 Å². The fraction of sp³-hybridized carbons (Fsp3) is 0.647. The Balaban J connectivity index is 0. The first-order valence-electron chi connectivity index (χ1n) is 8.02. The van der Waals surface area contributed by atoms with E-state index in [-0.39, 0.29) is 17.9 Å². The van der Waals surface area contributed by atoms with Crippen LogP contribution in [0.3, 0.4) is 0 Å². The van der Waals surface area contributed by atoms with E-state index in [1.54, 1.807) is 7.05 Å². The van der Waals surface area contributed by atoms with Crippen molar-refractivity contribution in [1.29, 1.82) is 0 Å². The molecule has 0 radical (unpaired) electrons. The summed E-state index contributed by atoms with van der Waals surface area (Å²) in [7, 11) is 2.79. The number of nitrogens with zero attached hydrogens (tertiary/aromatic N) is 1. The topological polar surface area (TPSA) is 104 Å². The Morgan fingerprint density at radius 2 is 1.62 bits per heavy atom. The number of aldehydes is 2. The first-order valence-corrected chi connectivity index (χ1v) is 8.02. The normalized spacial score (nSPS) is 13.8. The van der Waals surface area contributed by atoms with Crippen molar-refractivity contribution in [2.75, 3.05) is 20.7 Å². The van der Waals surface area contributed by atoms with Gasteiger partial charge in [-0.1, -0.05) is 20.3 Å². The lowest BCUT2D eigenvalue weighted by Gasteiger charge is -2.12. The monoisotopic (exact) mass is 342 g/mol. The summed E-state index contributed by atoms with van der Waals surface area (Å²) in [4.78, 5) is 43.5. The molecule has 0 saturated heterocycles. The molecule has 0 spiro atoms. The third kappa shape index (κ3) is 10.8. The molecule has 0 aliphatic carbocycles. The Morgan fingerprint density at radius 3 is 1.96 bits per heavy atom. The molecule has 1 aliphatic rings. The summed E-state index contributed by atoms with van der Waals surface area (Å²) in [6.45, 7) is 4.48. The molecule has 2 N–H and O–H groups in total. The first-order chi connectivity index (χ1) is 11.5. The van der Waals surface area contributed by atoms with Gasteiger partial charge >= 0.3 is 0 Å². The highest BCUT2D eigenvalue weighted by Crippen LogP contribution is 2.06. The smallest absolute Gasteiger partial charge is 0.253 e. The van der Waals surface area contributed by atoms with Crippen LogP contribution in [0.5, 0.6) is 0 Å². The van der Waals surface area contributed by atoms with Gasteiger partial charge in [0.15, 0.2) is 0 Å². The molecular weight excluding hydrogens is 312 g/mol. The summed E-state index contributed by atoms with van der Waals surface area (Å²) in [5.41, 5.74) is 0. The van der Waals surface area contributed by atoms with Crippen LogP contribution in [0.25, 0.3) is 0 Å². The average Bonchev–Trinajstić information content (AvgIpc) is 2.89. The number of nitrogens with one attached hydrogen (secondary N) is 1. The zero-order chi connectivity index (χ0) is 19.0. The molecule has 1 unspecified atom stereocenters. The quantitative estimate of drug-likeness (QED) is 0.363. The summed E-state index contributed by atoms with van der Waals surface area (Å²) in [6.07, 6.45) is 7.41. The van der Waals surface area contributed by atoms with Crippen molar-refractivity contribution in [2.45, 2.75) is 45.6 Å². The van der Waals surface area contributed by atoms with Crippen LogP contribution in [0.15, 0.2) is 12.2 Å². The Bertz CT molecular complexity index is 390. The van der Waals surface area contributed by atoms with Gasteiger partial charge in [0.2, 0.25) is 0 Å². The second-order valence-corrected chi connectivity index (χ2v) is 5.37. The number of likely N-dealkylation sites (N-methyl/N-ethyl adjacent to an activating group) is 1. The van der Waals surface area contributed by atoms with E-state index in [1.807, 2.05) is 13.8 Å². The zero-order valence-corrected chi connectivity index (χ0v) is 15.0. The van der Waals surface area contributed by atoms with Crippen molar-refractivity contribution in [3.8, 4) is 0 Å². The minimum Gasteiger partial charge on any atom is -0.400 e. The van der Waals surface area contributed by atoms with Gasteiger partial charge in [-0.15, -0.1) is 0 Å². The highest BCUT2D eigenvalue weighted by atomic mass is 16.2. The molecule has 0 bridgehead atoms. The van der Waals surface area contributed by atoms with Crippen molar-refractivity contribution in [3.63, 3.8) is 0 Å². The summed E-state index contributed by atoms with van der Waals surface area (Å²) in [6, 6.07) is 0.0231. The van der Waals surface area contributed by atoms with Gasteiger partial charge in [-0.25, -0.2) is 0 Å². The van der Waals surface area contributed by atoms with Gasteiger partial charge in [0, 0.05) is 32.2 Å². The van der Waals surface area contributed by atoms with Crippen molar-refractivity contribution >= 4 is 24.4 Å². The van der Waals surface area contributed by atoms with E-state index >= 15 is 0 Å². The Hall–Kier alpha value is -1.86. The molecule has 1 aliphatic heterocycles. The highest BCUT2D eigenvalue weighted by Gasteiger charge is 2.21. The largest absolute Gasteiger partial charge is 0.400 e. The Labute approximate surface area is 144 Å². The summed E-state index contributed by atoms with van der Waals surface area (Å²) in [5.74, 6) is -0.0618. The van der Waals surface area contributed by atoms with E-state index in [2.05, 4.69) is 5.32 Å². The van der Waals surface area contributed by atoms with Crippen LogP contribution in [0.4, 0.5) is 0 Å². The number of aliphatic hydroxyl groups excluding tert-OH is 1. The third-order valence-corrected chi connectivity index (χ3v) is 3.30. The number of imide groups is 1. The Kier molecular flexibility index (Phi) is 16.3. The molecule has 0 aromatic heterocycles. The third-order valence-electron chi connectivity index (χ3n) is 3.30. The van der Waals surface area contributed by atoms with Crippen LogP contribution in [0.1, 0.15) is 39.5 Å². The molecule has 1 atom stereocenters. The van der Waals surface area contributed by atoms with Crippen LogP contribution < -0.4 is 5.32 Å². The minimum absolute atomic E-state index is 0.0231. The number of carbonyl (C=O) groups excluding carboxylic acids is 4. The number of aliphatic hydroxyl groups is 1. The predicted octanol–water partition coefficient (Wildman–Crippen LogP) is 0.708. The predicted molar refractivity (Wildman–Crippen MR) is 92.3 cm³/mol. The molecule has 24 heavy (non-hydrogen) atoms. The first kappa shape index (κ1) is 24.4. The Morgan fingerprint density at radius 1 is 1.08 bits per heavy atom. The fourth-order valence-electron chi connectivity index (χ4n) is 1.88. The molecule has 7 nitrogen and oxygen atoms in total. The molecule has 0 aromatic carbocycles. The van der Waals surface area contributed by atoms with E-state index in [4.69, 9.17) is 5.11 Å². The van der Waals surface area contributed by atoms with E-state index in [0.29, 0.717) is 18.9 Å². The maximum absolute atomic E-state index is 11.1. The van der Waals surface area contributed by atoms with Gasteiger partial charge in [0.05, 0.1) is 6.04 Å². The summed E-state index contributed by atoms with van der Waals surface area (Å²) in [5, 5.41) is 9.88. The standard InChI is InChI=1S/C10H13NO3.C6H13NO.CH4O/c12-8-4-2-1-3-7-11-9(13)5-6-10(11)14;1-5(2)6(4-8)7-3;1-2/h5-6,8H,1-4,7H2;4-7H,1-3H3;2H,1H3. The summed E-state index contributed by atoms with van der Waals surface area (Å²) >= 11 is 0.